The minimum Gasteiger partial charge on any atom is -0.316 e. The quantitative estimate of drug-likeness (QED) is 0.616. The smallest absolute Gasteiger partial charge is 0.0398 e. The normalized spacial score (nSPS) is 41.2. The van der Waals surface area contributed by atoms with Gasteiger partial charge in [-0.1, -0.05) is 0 Å². The summed E-state index contributed by atoms with van der Waals surface area (Å²) in [6.45, 7) is 3.43. The van der Waals surface area contributed by atoms with Crippen molar-refractivity contribution in [1.29, 1.82) is 0 Å². The molecule has 2 saturated heterocycles. The standard InChI is InChI=1S/C8H16N2OS/c11-12-5-8(6-12)10-4-7-1-2-9-3-7/h7-10H,1-6H2. The molecule has 0 saturated carbocycles. The highest BCUT2D eigenvalue weighted by molar-refractivity contribution is 7.86. The van der Waals surface area contributed by atoms with Crippen LogP contribution >= 0.6 is 0 Å². The Morgan fingerprint density at radius 2 is 2.33 bits per heavy atom. The lowest BCUT2D eigenvalue weighted by atomic mass is 10.1. The molecule has 0 aliphatic carbocycles. The SMILES string of the molecule is O=S1CC(NCC2CCNC2)C1. The summed E-state index contributed by atoms with van der Waals surface area (Å²) in [5.74, 6) is 2.55. The molecule has 1 unspecified atom stereocenters. The molecular weight excluding hydrogens is 172 g/mol. The minimum absolute atomic E-state index is 0.503. The topological polar surface area (TPSA) is 41.1 Å². The summed E-state index contributed by atoms with van der Waals surface area (Å²) >= 11 is 0. The third-order valence-corrected chi connectivity index (χ3v) is 4.18. The molecule has 2 N–H and O–H groups in total. The van der Waals surface area contributed by atoms with E-state index in [1.165, 1.54) is 13.0 Å². The fourth-order valence-electron chi connectivity index (χ4n) is 1.74. The summed E-state index contributed by atoms with van der Waals surface area (Å²) in [4.78, 5) is 0. The molecule has 70 valence electrons. The summed E-state index contributed by atoms with van der Waals surface area (Å²) in [6, 6.07) is 0.548. The van der Waals surface area contributed by atoms with Crippen molar-refractivity contribution >= 4 is 10.8 Å². The number of rotatable bonds is 3. The van der Waals surface area contributed by atoms with Gasteiger partial charge in [-0.15, -0.1) is 0 Å². The first-order valence-electron chi connectivity index (χ1n) is 4.63. The van der Waals surface area contributed by atoms with Gasteiger partial charge in [0.05, 0.1) is 0 Å². The van der Waals surface area contributed by atoms with E-state index in [2.05, 4.69) is 10.6 Å². The second kappa shape index (κ2) is 3.85. The van der Waals surface area contributed by atoms with Crippen LogP contribution in [-0.2, 0) is 10.8 Å². The van der Waals surface area contributed by atoms with Crippen LogP contribution in [0.4, 0.5) is 0 Å². The van der Waals surface area contributed by atoms with Gasteiger partial charge in [-0.3, -0.25) is 4.21 Å². The minimum atomic E-state index is -0.503. The summed E-state index contributed by atoms with van der Waals surface area (Å²) in [6.07, 6.45) is 1.29. The van der Waals surface area contributed by atoms with E-state index in [0.717, 1.165) is 30.5 Å². The van der Waals surface area contributed by atoms with Gasteiger partial charge in [-0.25, -0.2) is 0 Å². The Kier molecular flexibility index (Phi) is 2.78. The van der Waals surface area contributed by atoms with E-state index in [9.17, 15) is 4.21 Å². The lowest BCUT2D eigenvalue weighted by Gasteiger charge is -2.27. The van der Waals surface area contributed by atoms with Gasteiger partial charge in [0.25, 0.3) is 0 Å². The first-order chi connectivity index (χ1) is 5.84. The Morgan fingerprint density at radius 3 is 2.92 bits per heavy atom. The lowest BCUT2D eigenvalue weighted by Crippen LogP contribution is -2.49. The van der Waals surface area contributed by atoms with E-state index >= 15 is 0 Å². The fraction of sp³-hybridized carbons (Fsp3) is 1.00. The van der Waals surface area contributed by atoms with Crippen LogP contribution in [0.3, 0.4) is 0 Å². The molecule has 0 aromatic carbocycles. The third-order valence-electron chi connectivity index (χ3n) is 2.63. The highest BCUT2D eigenvalue weighted by Crippen LogP contribution is 2.09. The molecule has 0 bridgehead atoms. The Bertz CT molecular complexity index is 172. The molecule has 2 heterocycles. The molecule has 0 amide bonds. The zero-order chi connectivity index (χ0) is 8.39. The van der Waals surface area contributed by atoms with Gasteiger partial charge in [-0.2, -0.15) is 0 Å². The van der Waals surface area contributed by atoms with E-state index in [-0.39, 0.29) is 0 Å². The highest BCUT2D eigenvalue weighted by atomic mass is 32.2. The fourth-order valence-corrected chi connectivity index (χ4v) is 2.78. The van der Waals surface area contributed by atoms with Crippen molar-refractivity contribution in [2.24, 2.45) is 5.92 Å². The van der Waals surface area contributed by atoms with Crippen molar-refractivity contribution < 1.29 is 4.21 Å². The lowest BCUT2D eigenvalue weighted by molar-refractivity contribution is 0.468. The number of nitrogens with one attached hydrogen (secondary N) is 2. The predicted octanol–water partition coefficient (Wildman–Crippen LogP) is -0.684. The van der Waals surface area contributed by atoms with Gasteiger partial charge >= 0.3 is 0 Å². The summed E-state index contributed by atoms with van der Waals surface area (Å²) in [7, 11) is -0.503. The third kappa shape index (κ3) is 2.06. The molecule has 2 aliphatic rings. The maximum Gasteiger partial charge on any atom is 0.0398 e. The van der Waals surface area contributed by atoms with Crippen molar-refractivity contribution in [1.82, 2.24) is 10.6 Å². The summed E-state index contributed by atoms with van der Waals surface area (Å²) in [5, 5.41) is 6.80. The van der Waals surface area contributed by atoms with Crippen molar-refractivity contribution in [2.75, 3.05) is 31.1 Å². The average Bonchev–Trinajstić information content (AvgIpc) is 2.47. The number of hydrogen-bond acceptors (Lipinski definition) is 3. The zero-order valence-corrected chi connectivity index (χ0v) is 8.03. The molecule has 0 radical (unpaired) electrons. The van der Waals surface area contributed by atoms with Crippen LogP contribution in [-0.4, -0.2) is 41.4 Å². The summed E-state index contributed by atoms with van der Waals surface area (Å²) < 4.78 is 10.8. The van der Waals surface area contributed by atoms with E-state index in [1.807, 2.05) is 0 Å². The molecule has 4 heteroatoms. The van der Waals surface area contributed by atoms with Crippen LogP contribution in [0.15, 0.2) is 0 Å². The Labute approximate surface area is 75.8 Å². The van der Waals surface area contributed by atoms with Crippen LogP contribution in [0, 0.1) is 5.92 Å². The largest absolute Gasteiger partial charge is 0.316 e. The maximum absolute atomic E-state index is 10.8. The van der Waals surface area contributed by atoms with Crippen LogP contribution < -0.4 is 10.6 Å². The van der Waals surface area contributed by atoms with Gasteiger partial charge < -0.3 is 10.6 Å². The van der Waals surface area contributed by atoms with Crippen molar-refractivity contribution in [2.45, 2.75) is 12.5 Å². The van der Waals surface area contributed by atoms with Gasteiger partial charge in [0, 0.05) is 28.3 Å². The summed E-state index contributed by atoms with van der Waals surface area (Å²) in [5.41, 5.74) is 0. The van der Waals surface area contributed by atoms with E-state index in [0.29, 0.717) is 6.04 Å². The number of hydrogen-bond donors (Lipinski definition) is 2. The molecule has 2 rings (SSSR count). The van der Waals surface area contributed by atoms with Gasteiger partial charge in [-0.05, 0) is 32.0 Å². The second-order valence-electron chi connectivity index (χ2n) is 3.74. The van der Waals surface area contributed by atoms with Crippen LogP contribution in [0.2, 0.25) is 0 Å². The van der Waals surface area contributed by atoms with E-state index < -0.39 is 10.8 Å². The van der Waals surface area contributed by atoms with Crippen molar-refractivity contribution in [3.05, 3.63) is 0 Å². The Balaban J connectivity index is 1.59. The molecule has 0 aromatic heterocycles. The average molecular weight is 188 g/mol. The molecule has 0 aromatic rings. The molecule has 3 nitrogen and oxygen atoms in total. The van der Waals surface area contributed by atoms with Gasteiger partial charge in [0.1, 0.15) is 0 Å². The highest BCUT2D eigenvalue weighted by Gasteiger charge is 2.25. The molecule has 0 spiro atoms. The van der Waals surface area contributed by atoms with Crippen LogP contribution in [0.1, 0.15) is 6.42 Å². The van der Waals surface area contributed by atoms with Gasteiger partial charge in [0.15, 0.2) is 0 Å². The first-order valence-corrected chi connectivity index (χ1v) is 6.12. The van der Waals surface area contributed by atoms with Crippen LogP contribution in [0.5, 0.6) is 0 Å². The van der Waals surface area contributed by atoms with Gasteiger partial charge in [0.2, 0.25) is 0 Å². The maximum atomic E-state index is 10.8. The molecule has 2 fully saturated rings. The first kappa shape index (κ1) is 8.66. The Morgan fingerprint density at radius 1 is 1.50 bits per heavy atom. The van der Waals surface area contributed by atoms with Crippen LogP contribution in [0.25, 0.3) is 0 Å². The van der Waals surface area contributed by atoms with Crippen molar-refractivity contribution in [3.8, 4) is 0 Å². The molecule has 12 heavy (non-hydrogen) atoms. The van der Waals surface area contributed by atoms with E-state index in [1.54, 1.807) is 0 Å². The van der Waals surface area contributed by atoms with E-state index in [4.69, 9.17) is 0 Å². The Hall–Kier alpha value is 0.0700. The zero-order valence-electron chi connectivity index (χ0n) is 7.21. The molecule has 2 aliphatic heterocycles. The van der Waals surface area contributed by atoms with Crippen molar-refractivity contribution in [3.63, 3.8) is 0 Å². The second-order valence-corrected chi connectivity index (χ2v) is 5.28. The molecular formula is C8H16N2OS. The molecule has 1 atom stereocenters. The predicted molar refractivity (Wildman–Crippen MR) is 50.6 cm³/mol. The monoisotopic (exact) mass is 188 g/mol.